The normalized spacial score (nSPS) is 14.9. The fraction of sp³-hybridized carbons (Fsp3) is 0.450. The smallest absolute Gasteiger partial charge is 0.319 e. The molecule has 0 bridgehead atoms. The molecule has 144 valence electrons. The van der Waals surface area contributed by atoms with Gasteiger partial charge in [0.1, 0.15) is 0 Å². The van der Waals surface area contributed by atoms with Crippen LogP contribution >= 0.6 is 0 Å². The maximum Gasteiger partial charge on any atom is 0.319 e. The summed E-state index contributed by atoms with van der Waals surface area (Å²) in [5.74, 6) is -0.0382. The second kappa shape index (κ2) is 7.82. The zero-order valence-corrected chi connectivity index (χ0v) is 16.4. The van der Waals surface area contributed by atoms with Crippen molar-refractivity contribution in [2.45, 2.75) is 26.7 Å². The lowest BCUT2D eigenvalue weighted by Crippen LogP contribution is -2.45. The summed E-state index contributed by atoms with van der Waals surface area (Å²) in [6.07, 6.45) is 3.19. The van der Waals surface area contributed by atoms with E-state index >= 15 is 0 Å². The van der Waals surface area contributed by atoms with E-state index in [1.54, 1.807) is 30.2 Å². The summed E-state index contributed by atoms with van der Waals surface area (Å²) in [6.45, 7) is 5.25. The van der Waals surface area contributed by atoms with Crippen LogP contribution in [-0.2, 0) is 4.79 Å². The van der Waals surface area contributed by atoms with Gasteiger partial charge in [0.05, 0.1) is 12.0 Å². The van der Waals surface area contributed by atoms with Crippen molar-refractivity contribution in [2.24, 2.45) is 5.92 Å². The standard InChI is InChI=1S/C20H27N5O2/c1-14-15(2)25(13-21-14)18-7-5-17(6-8-18)22-19(26)16-9-11-24(12-10-16)20(27)23(3)4/h5-8,13,16H,9-12H2,1-4H3,(H,22,26). The molecule has 1 aliphatic heterocycles. The van der Waals surface area contributed by atoms with Crippen LogP contribution in [0.1, 0.15) is 24.2 Å². The predicted octanol–water partition coefficient (Wildman–Crippen LogP) is 2.82. The number of amides is 3. The predicted molar refractivity (Wildman–Crippen MR) is 105 cm³/mol. The van der Waals surface area contributed by atoms with Crippen LogP contribution in [0.2, 0.25) is 0 Å². The summed E-state index contributed by atoms with van der Waals surface area (Å²) in [7, 11) is 3.49. The van der Waals surface area contributed by atoms with Gasteiger partial charge in [-0.25, -0.2) is 9.78 Å². The molecule has 2 heterocycles. The van der Waals surface area contributed by atoms with E-state index in [1.807, 2.05) is 42.7 Å². The number of likely N-dealkylation sites (tertiary alicyclic amines) is 1. The number of carbonyl (C=O) groups excluding carboxylic acids is 2. The van der Waals surface area contributed by atoms with Crippen LogP contribution in [0.25, 0.3) is 5.69 Å². The Balaban J connectivity index is 1.57. The maximum absolute atomic E-state index is 12.6. The van der Waals surface area contributed by atoms with Crippen LogP contribution < -0.4 is 5.32 Å². The lowest BCUT2D eigenvalue weighted by molar-refractivity contribution is -0.121. The SMILES string of the molecule is Cc1ncn(-c2ccc(NC(=O)C3CCN(C(=O)N(C)C)CC3)cc2)c1C. The number of piperidine rings is 1. The van der Waals surface area contributed by atoms with E-state index in [0.717, 1.165) is 22.8 Å². The quantitative estimate of drug-likeness (QED) is 0.904. The molecule has 3 rings (SSSR count). The van der Waals surface area contributed by atoms with Crippen molar-refractivity contribution >= 4 is 17.6 Å². The number of imidazole rings is 1. The first-order valence-electron chi connectivity index (χ1n) is 9.25. The zero-order chi connectivity index (χ0) is 19.6. The van der Waals surface area contributed by atoms with Gasteiger partial charge < -0.3 is 19.7 Å². The van der Waals surface area contributed by atoms with Gasteiger partial charge in [0.25, 0.3) is 0 Å². The molecule has 1 aliphatic rings. The molecular formula is C20H27N5O2. The fourth-order valence-electron chi connectivity index (χ4n) is 3.32. The third-order valence-electron chi connectivity index (χ3n) is 5.18. The molecule has 7 heteroatoms. The highest BCUT2D eigenvalue weighted by atomic mass is 16.2. The number of carbonyl (C=O) groups is 2. The van der Waals surface area contributed by atoms with Crippen LogP contribution in [0, 0.1) is 19.8 Å². The van der Waals surface area contributed by atoms with Crippen LogP contribution in [0.5, 0.6) is 0 Å². The average Bonchev–Trinajstić information content (AvgIpc) is 3.00. The molecule has 27 heavy (non-hydrogen) atoms. The second-order valence-corrected chi connectivity index (χ2v) is 7.26. The third kappa shape index (κ3) is 4.13. The number of urea groups is 1. The van der Waals surface area contributed by atoms with Crippen molar-refractivity contribution in [3.63, 3.8) is 0 Å². The van der Waals surface area contributed by atoms with Crippen LogP contribution in [0.15, 0.2) is 30.6 Å². The highest BCUT2D eigenvalue weighted by Gasteiger charge is 2.28. The van der Waals surface area contributed by atoms with Crippen LogP contribution in [0.4, 0.5) is 10.5 Å². The Bertz CT molecular complexity index is 817. The number of nitrogens with zero attached hydrogens (tertiary/aromatic N) is 4. The number of benzene rings is 1. The largest absolute Gasteiger partial charge is 0.331 e. The van der Waals surface area contributed by atoms with E-state index in [1.165, 1.54) is 0 Å². The lowest BCUT2D eigenvalue weighted by Gasteiger charge is -2.33. The molecule has 1 aromatic carbocycles. The number of hydrogen-bond donors (Lipinski definition) is 1. The molecule has 0 aliphatic carbocycles. The molecule has 1 fully saturated rings. The first-order chi connectivity index (χ1) is 12.9. The van der Waals surface area contributed by atoms with Gasteiger partial charge in [-0.1, -0.05) is 0 Å². The minimum absolute atomic E-state index is 0.00878. The Morgan fingerprint density at radius 3 is 2.26 bits per heavy atom. The van der Waals surface area contributed by atoms with Crippen molar-refractivity contribution in [2.75, 3.05) is 32.5 Å². The molecular weight excluding hydrogens is 342 g/mol. The van der Waals surface area contributed by atoms with Gasteiger partial charge >= 0.3 is 6.03 Å². The van der Waals surface area contributed by atoms with E-state index in [2.05, 4.69) is 10.3 Å². The van der Waals surface area contributed by atoms with Gasteiger partial charge in [-0.05, 0) is 51.0 Å². The highest BCUT2D eigenvalue weighted by Crippen LogP contribution is 2.21. The summed E-state index contributed by atoms with van der Waals surface area (Å²) in [5.41, 5.74) is 3.91. The molecule has 1 aromatic heterocycles. The molecule has 0 spiro atoms. The van der Waals surface area contributed by atoms with Crippen molar-refractivity contribution in [3.8, 4) is 5.69 Å². The number of rotatable bonds is 3. The summed E-state index contributed by atoms with van der Waals surface area (Å²) < 4.78 is 2.03. The van der Waals surface area contributed by atoms with E-state index < -0.39 is 0 Å². The van der Waals surface area contributed by atoms with Crippen molar-refractivity contribution in [1.29, 1.82) is 0 Å². The Labute approximate surface area is 160 Å². The molecule has 3 amide bonds. The Morgan fingerprint density at radius 1 is 1.11 bits per heavy atom. The van der Waals surface area contributed by atoms with Crippen molar-refractivity contribution in [1.82, 2.24) is 19.4 Å². The number of nitrogens with one attached hydrogen (secondary N) is 1. The second-order valence-electron chi connectivity index (χ2n) is 7.26. The van der Waals surface area contributed by atoms with E-state index in [0.29, 0.717) is 25.9 Å². The van der Waals surface area contributed by atoms with E-state index in [4.69, 9.17) is 0 Å². The summed E-state index contributed by atoms with van der Waals surface area (Å²) in [5, 5.41) is 3.00. The van der Waals surface area contributed by atoms with Crippen molar-refractivity contribution < 1.29 is 9.59 Å². The molecule has 0 radical (unpaired) electrons. The number of aromatic nitrogens is 2. The Kier molecular flexibility index (Phi) is 5.48. The molecule has 1 saturated heterocycles. The van der Waals surface area contributed by atoms with Gasteiger partial charge in [-0.3, -0.25) is 4.79 Å². The van der Waals surface area contributed by atoms with Crippen LogP contribution in [-0.4, -0.2) is 58.5 Å². The first kappa shape index (κ1) is 18.9. The van der Waals surface area contributed by atoms with E-state index in [-0.39, 0.29) is 17.9 Å². The van der Waals surface area contributed by atoms with Gasteiger partial charge in [-0.15, -0.1) is 0 Å². The molecule has 2 aromatic rings. The lowest BCUT2D eigenvalue weighted by atomic mass is 9.96. The maximum atomic E-state index is 12.6. The fourth-order valence-corrected chi connectivity index (χ4v) is 3.32. The number of aryl methyl sites for hydroxylation is 1. The third-order valence-corrected chi connectivity index (χ3v) is 5.18. The highest BCUT2D eigenvalue weighted by molar-refractivity contribution is 5.92. The van der Waals surface area contributed by atoms with Gasteiger partial charge in [-0.2, -0.15) is 0 Å². The first-order valence-corrected chi connectivity index (χ1v) is 9.25. The van der Waals surface area contributed by atoms with Gasteiger partial charge in [0.15, 0.2) is 0 Å². The molecule has 0 unspecified atom stereocenters. The Hall–Kier alpha value is -2.83. The van der Waals surface area contributed by atoms with E-state index in [9.17, 15) is 9.59 Å². The van der Waals surface area contributed by atoms with Gasteiger partial charge in [0, 0.05) is 50.2 Å². The summed E-state index contributed by atoms with van der Waals surface area (Å²) in [6, 6.07) is 7.78. The zero-order valence-electron chi connectivity index (χ0n) is 16.4. The minimum Gasteiger partial charge on any atom is -0.331 e. The minimum atomic E-state index is -0.0607. The van der Waals surface area contributed by atoms with Crippen molar-refractivity contribution in [3.05, 3.63) is 42.0 Å². The molecule has 0 atom stereocenters. The average molecular weight is 369 g/mol. The topological polar surface area (TPSA) is 70.5 Å². The molecule has 1 N–H and O–H groups in total. The number of hydrogen-bond acceptors (Lipinski definition) is 3. The molecule has 7 nitrogen and oxygen atoms in total. The Morgan fingerprint density at radius 2 is 1.74 bits per heavy atom. The van der Waals surface area contributed by atoms with Gasteiger partial charge in [0.2, 0.25) is 5.91 Å². The summed E-state index contributed by atoms with van der Waals surface area (Å²) >= 11 is 0. The number of anilines is 1. The monoisotopic (exact) mass is 369 g/mol. The summed E-state index contributed by atoms with van der Waals surface area (Å²) in [4.78, 5) is 32.2. The molecule has 0 saturated carbocycles. The van der Waals surface area contributed by atoms with Crippen LogP contribution in [0.3, 0.4) is 0 Å².